The van der Waals surface area contributed by atoms with Crippen LogP contribution in [0.5, 0.6) is 0 Å². The lowest BCUT2D eigenvalue weighted by Gasteiger charge is -2.28. The zero-order chi connectivity index (χ0) is 14.9. The Labute approximate surface area is 121 Å². The number of rotatable bonds is 2. The van der Waals surface area contributed by atoms with Crippen molar-refractivity contribution in [2.75, 3.05) is 7.05 Å². The third-order valence-electron chi connectivity index (χ3n) is 3.14. The van der Waals surface area contributed by atoms with E-state index in [1.54, 1.807) is 13.0 Å². The summed E-state index contributed by atoms with van der Waals surface area (Å²) in [5, 5.41) is 2.84. The second kappa shape index (κ2) is 5.58. The van der Waals surface area contributed by atoms with Crippen molar-refractivity contribution >= 4 is 29.3 Å². The van der Waals surface area contributed by atoms with Gasteiger partial charge in [-0.15, -0.1) is 0 Å². The van der Waals surface area contributed by atoms with E-state index in [1.807, 2.05) is 0 Å². The molecule has 0 bridgehead atoms. The molecule has 106 valence electrons. The predicted octanol–water partition coefficient (Wildman–Crippen LogP) is 0.921. The molecule has 3 amide bonds. The number of nitrogens with one attached hydrogen (secondary N) is 1. The summed E-state index contributed by atoms with van der Waals surface area (Å²) >= 11 is 5.80. The van der Waals surface area contributed by atoms with Gasteiger partial charge in [-0.05, 0) is 25.5 Å². The highest BCUT2D eigenvalue weighted by Gasteiger charge is 2.32. The van der Waals surface area contributed by atoms with Crippen LogP contribution in [0.1, 0.15) is 28.9 Å². The third-order valence-corrected chi connectivity index (χ3v) is 3.33. The summed E-state index contributed by atoms with van der Waals surface area (Å²) < 4.78 is 0. The zero-order valence-electron chi connectivity index (χ0n) is 11.1. The minimum Gasteiger partial charge on any atom is -0.340 e. The molecule has 1 N–H and O–H groups in total. The standard InChI is InChI=1S/C13H14ClN3O3/c1-7-5-8(6-10(14)15-7)12(19)16-9-3-4-11(18)17(2)13(9)20/h5-6,9H,3-4H2,1-2H3,(H,16,19). The quantitative estimate of drug-likeness (QED) is 0.650. The first-order valence-corrected chi connectivity index (χ1v) is 6.51. The molecule has 1 atom stereocenters. The number of amides is 3. The smallest absolute Gasteiger partial charge is 0.252 e. The van der Waals surface area contributed by atoms with Crippen molar-refractivity contribution in [2.45, 2.75) is 25.8 Å². The Balaban J connectivity index is 2.11. The highest BCUT2D eigenvalue weighted by atomic mass is 35.5. The number of aromatic nitrogens is 1. The van der Waals surface area contributed by atoms with E-state index in [0.717, 1.165) is 4.90 Å². The zero-order valence-corrected chi connectivity index (χ0v) is 11.9. The molecule has 1 aromatic heterocycles. The molecule has 6 nitrogen and oxygen atoms in total. The van der Waals surface area contributed by atoms with E-state index in [0.29, 0.717) is 17.7 Å². The van der Waals surface area contributed by atoms with Gasteiger partial charge in [0.25, 0.3) is 11.8 Å². The van der Waals surface area contributed by atoms with Crippen molar-refractivity contribution in [3.63, 3.8) is 0 Å². The van der Waals surface area contributed by atoms with Crippen LogP contribution in [-0.2, 0) is 9.59 Å². The van der Waals surface area contributed by atoms with Gasteiger partial charge in [0.15, 0.2) is 0 Å². The number of aryl methyl sites for hydroxylation is 1. The number of pyridine rings is 1. The average molecular weight is 296 g/mol. The molecule has 0 radical (unpaired) electrons. The van der Waals surface area contributed by atoms with Crippen molar-refractivity contribution in [2.24, 2.45) is 0 Å². The molecule has 0 aliphatic carbocycles. The van der Waals surface area contributed by atoms with E-state index in [4.69, 9.17) is 11.6 Å². The Kier molecular flexibility index (Phi) is 4.04. The SMILES string of the molecule is Cc1cc(C(=O)NC2CCC(=O)N(C)C2=O)cc(Cl)n1. The van der Waals surface area contributed by atoms with Crippen molar-refractivity contribution in [3.8, 4) is 0 Å². The first-order chi connectivity index (χ1) is 9.38. The van der Waals surface area contributed by atoms with Gasteiger partial charge in [-0.25, -0.2) is 4.98 Å². The molecule has 1 aliphatic rings. The highest BCUT2D eigenvalue weighted by Crippen LogP contribution is 2.14. The first-order valence-electron chi connectivity index (χ1n) is 6.14. The molecule has 0 spiro atoms. The van der Waals surface area contributed by atoms with Crippen LogP contribution in [-0.4, -0.2) is 40.7 Å². The molecule has 0 aromatic carbocycles. The molecule has 1 fully saturated rings. The summed E-state index contributed by atoms with van der Waals surface area (Å²) in [6.07, 6.45) is 0.550. The van der Waals surface area contributed by atoms with Gasteiger partial charge < -0.3 is 5.32 Å². The van der Waals surface area contributed by atoms with E-state index < -0.39 is 17.9 Å². The van der Waals surface area contributed by atoms with Gasteiger partial charge in [0, 0.05) is 24.7 Å². The fourth-order valence-corrected chi connectivity index (χ4v) is 2.30. The van der Waals surface area contributed by atoms with E-state index in [2.05, 4.69) is 10.3 Å². The van der Waals surface area contributed by atoms with E-state index in [1.165, 1.54) is 13.1 Å². The van der Waals surface area contributed by atoms with Crippen LogP contribution < -0.4 is 5.32 Å². The maximum absolute atomic E-state index is 12.1. The predicted molar refractivity (Wildman–Crippen MR) is 72.2 cm³/mol. The van der Waals surface area contributed by atoms with E-state index in [9.17, 15) is 14.4 Å². The lowest BCUT2D eigenvalue weighted by atomic mass is 10.0. The van der Waals surface area contributed by atoms with Crippen LogP contribution in [0, 0.1) is 6.92 Å². The molecular weight excluding hydrogens is 282 g/mol. The number of hydrogen-bond acceptors (Lipinski definition) is 4. The summed E-state index contributed by atoms with van der Waals surface area (Å²) in [5.74, 6) is -1.03. The Morgan fingerprint density at radius 3 is 2.80 bits per heavy atom. The van der Waals surface area contributed by atoms with Crippen LogP contribution in [0.4, 0.5) is 0 Å². The van der Waals surface area contributed by atoms with Gasteiger partial charge in [0.2, 0.25) is 5.91 Å². The lowest BCUT2D eigenvalue weighted by molar-refractivity contribution is -0.147. The summed E-state index contributed by atoms with van der Waals surface area (Å²) in [5.41, 5.74) is 0.958. The third kappa shape index (κ3) is 2.96. The molecule has 1 unspecified atom stereocenters. The van der Waals surface area contributed by atoms with Crippen LogP contribution in [0.25, 0.3) is 0 Å². The summed E-state index contributed by atoms with van der Waals surface area (Å²) in [6.45, 7) is 1.72. The van der Waals surface area contributed by atoms with E-state index >= 15 is 0 Å². The second-order valence-corrected chi connectivity index (χ2v) is 5.06. The van der Waals surface area contributed by atoms with Gasteiger partial charge in [0.05, 0.1) is 0 Å². The summed E-state index contributed by atoms with van der Waals surface area (Å²) in [7, 11) is 1.41. The van der Waals surface area contributed by atoms with Crippen molar-refractivity contribution < 1.29 is 14.4 Å². The van der Waals surface area contributed by atoms with Gasteiger partial charge in [-0.2, -0.15) is 0 Å². The minimum absolute atomic E-state index is 0.220. The number of likely N-dealkylation sites (N-methyl/N-ethyl adjacent to an activating group) is 1. The van der Waals surface area contributed by atoms with Gasteiger partial charge in [-0.1, -0.05) is 11.6 Å². The molecule has 20 heavy (non-hydrogen) atoms. The molecule has 1 aromatic rings. The minimum atomic E-state index is -0.683. The topological polar surface area (TPSA) is 79.4 Å². The average Bonchev–Trinajstić information content (AvgIpc) is 2.38. The monoisotopic (exact) mass is 295 g/mol. The number of carbonyl (C=O) groups is 3. The fourth-order valence-electron chi connectivity index (χ4n) is 2.05. The Hall–Kier alpha value is -1.95. The normalized spacial score (nSPS) is 19.1. The molecule has 2 heterocycles. The van der Waals surface area contributed by atoms with Crippen molar-refractivity contribution in [3.05, 3.63) is 28.5 Å². The number of imide groups is 1. The van der Waals surface area contributed by atoms with Crippen LogP contribution >= 0.6 is 11.6 Å². The van der Waals surface area contributed by atoms with Gasteiger partial charge in [-0.3, -0.25) is 19.3 Å². The van der Waals surface area contributed by atoms with Crippen LogP contribution in [0.3, 0.4) is 0 Å². The summed E-state index contributed by atoms with van der Waals surface area (Å²) in [6, 6.07) is 2.34. The van der Waals surface area contributed by atoms with Crippen LogP contribution in [0.15, 0.2) is 12.1 Å². The van der Waals surface area contributed by atoms with Crippen molar-refractivity contribution in [1.29, 1.82) is 0 Å². The van der Waals surface area contributed by atoms with Crippen molar-refractivity contribution in [1.82, 2.24) is 15.2 Å². The number of halogens is 1. The number of piperidine rings is 1. The largest absolute Gasteiger partial charge is 0.340 e. The lowest BCUT2D eigenvalue weighted by Crippen LogP contribution is -2.52. The van der Waals surface area contributed by atoms with E-state index in [-0.39, 0.29) is 17.5 Å². The molecule has 7 heteroatoms. The second-order valence-electron chi connectivity index (χ2n) is 4.68. The Bertz CT molecular complexity index is 568. The number of hydrogen-bond donors (Lipinski definition) is 1. The maximum Gasteiger partial charge on any atom is 0.252 e. The molecular formula is C13H14ClN3O3. The molecule has 0 saturated carbocycles. The van der Waals surface area contributed by atoms with Crippen LogP contribution in [0.2, 0.25) is 5.15 Å². The number of likely N-dealkylation sites (tertiary alicyclic amines) is 1. The van der Waals surface area contributed by atoms with Gasteiger partial charge in [0.1, 0.15) is 11.2 Å². The van der Waals surface area contributed by atoms with Gasteiger partial charge >= 0.3 is 0 Å². The maximum atomic E-state index is 12.1. The number of nitrogens with zero attached hydrogens (tertiary/aromatic N) is 2. The Morgan fingerprint density at radius 1 is 1.45 bits per heavy atom. The number of carbonyl (C=O) groups excluding carboxylic acids is 3. The summed E-state index contributed by atoms with van der Waals surface area (Å²) in [4.78, 5) is 40.4. The molecule has 1 saturated heterocycles. The highest BCUT2D eigenvalue weighted by molar-refractivity contribution is 6.29. The first kappa shape index (κ1) is 14.5. The fraction of sp³-hybridized carbons (Fsp3) is 0.385. The molecule has 2 rings (SSSR count). The molecule has 1 aliphatic heterocycles. The Morgan fingerprint density at radius 2 is 2.15 bits per heavy atom.